The van der Waals surface area contributed by atoms with Gasteiger partial charge in [0.1, 0.15) is 0 Å². The van der Waals surface area contributed by atoms with Crippen LogP contribution in [0, 0.1) is 0 Å². The topological polar surface area (TPSA) is 43.1 Å². The third kappa shape index (κ3) is 10.0. The molecule has 14 heavy (non-hydrogen) atoms. The SMILES string of the molecule is CCCCCCCCC(Br)CC(N)=O. The van der Waals surface area contributed by atoms with Crippen LogP contribution in [0.2, 0.25) is 0 Å². The molecule has 0 aromatic heterocycles. The number of alkyl halides is 1. The summed E-state index contributed by atoms with van der Waals surface area (Å²) in [6.07, 6.45) is 9.32. The van der Waals surface area contributed by atoms with Crippen LogP contribution in [0.15, 0.2) is 0 Å². The van der Waals surface area contributed by atoms with Gasteiger partial charge in [0.05, 0.1) is 0 Å². The maximum atomic E-state index is 10.6. The monoisotopic (exact) mass is 263 g/mol. The van der Waals surface area contributed by atoms with Crippen molar-refractivity contribution in [1.29, 1.82) is 0 Å². The summed E-state index contributed by atoms with van der Waals surface area (Å²) in [6.45, 7) is 2.22. The fourth-order valence-corrected chi connectivity index (χ4v) is 2.11. The number of halogens is 1. The van der Waals surface area contributed by atoms with E-state index >= 15 is 0 Å². The molecule has 3 heteroatoms. The molecule has 0 aliphatic rings. The first-order chi connectivity index (χ1) is 6.66. The van der Waals surface area contributed by atoms with Crippen LogP contribution >= 0.6 is 15.9 Å². The quantitative estimate of drug-likeness (QED) is 0.503. The van der Waals surface area contributed by atoms with Gasteiger partial charge in [0.25, 0.3) is 0 Å². The van der Waals surface area contributed by atoms with E-state index in [1.807, 2.05) is 0 Å². The van der Waals surface area contributed by atoms with Gasteiger partial charge in [-0.1, -0.05) is 61.4 Å². The highest BCUT2D eigenvalue weighted by Gasteiger charge is 2.06. The van der Waals surface area contributed by atoms with Crippen molar-refractivity contribution in [2.75, 3.05) is 0 Å². The van der Waals surface area contributed by atoms with Crippen LogP contribution in [-0.4, -0.2) is 10.7 Å². The summed E-state index contributed by atoms with van der Waals surface area (Å²) in [5, 5.41) is 0. The molecule has 0 bridgehead atoms. The number of hydrogen-bond acceptors (Lipinski definition) is 1. The Morgan fingerprint density at radius 1 is 1.21 bits per heavy atom. The van der Waals surface area contributed by atoms with Gasteiger partial charge in [0.15, 0.2) is 0 Å². The van der Waals surface area contributed by atoms with E-state index in [1.54, 1.807) is 0 Å². The number of hydrogen-bond donors (Lipinski definition) is 1. The second kappa shape index (κ2) is 9.50. The Labute approximate surface area is 95.8 Å². The van der Waals surface area contributed by atoms with E-state index in [-0.39, 0.29) is 10.7 Å². The Kier molecular flexibility index (Phi) is 9.47. The lowest BCUT2D eigenvalue weighted by molar-refractivity contribution is -0.117. The summed E-state index contributed by atoms with van der Waals surface area (Å²) in [7, 11) is 0. The number of carbonyl (C=O) groups is 1. The Balaban J connectivity index is 3.14. The van der Waals surface area contributed by atoms with E-state index in [0.29, 0.717) is 6.42 Å². The third-order valence-corrected chi connectivity index (χ3v) is 3.08. The first-order valence-corrected chi connectivity index (χ1v) is 6.50. The number of rotatable bonds is 9. The first-order valence-electron chi connectivity index (χ1n) is 5.59. The number of unbranched alkanes of at least 4 members (excludes halogenated alkanes) is 5. The Hall–Kier alpha value is -0.0500. The molecule has 2 nitrogen and oxygen atoms in total. The van der Waals surface area contributed by atoms with Crippen molar-refractivity contribution in [2.45, 2.75) is 63.1 Å². The summed E-state index contributed by atoms with van der Waals surface area (Å²) < 4.78 is 0. The van der Waals surface area contributed by atoms with Crippen molar-refractivity contribution in [1.82, 2.24) is 0 Å². The predicted octanol–water partition coefficient (Wildman–Crippen LogP) is 3.38. The summed E-state index contributed by atoms with van der Waals surface area (Å²) in [5.41, 5.74) is 5.09. The number of amides is 1. The molecule has 0 aromatic carbocycles. The second-order valence-corrected chi connectivity index (χ2v) is 5.12. The van der Waals surface area contributed by atoms with Gasteiger partial charge in [-0.2, -0.15) is 0 Å². The molecule has 0 saturated heterocycles. The van der Waals surface area contributed by atoms with Crippen LogP contribution in [0.3, 0.4) is 0 Å². The fourth-order valence-electron chi connectivity index (χ4n) is 1.47. The zero-order chi connectivity index (χ0) is 10.8. The third-order valence-electron chi connectivity index (χ3n) is 2.29. The Bertz CT molecular complexity index is 150. The zero-order valence-corrected chi connectivity index (χ0v) is 10.7. The molecule has 1 amide bonds. The minimum absolute atomic E-state index is 0.210. The molecule has 0 spiro atoms. The molecule has 2 N–H and O–H groups in total. The fraction of sp³-hybridized carbons (Fsp3) is 0.909. The number of carbonyl (C=O) groups excluding carboxylic acids is 1. The molecule has 0 aliphatic carbocycles. The van der Waals surface area contributed by atoms with Crippen molar-refractivity contribution in [3.63, 3.8) is 0 Å². The minimum atomic E-state index is -0.210. The lowest BCUT2D eigenvalue weighted by Gasteiger charge is -2.06. The molecule has 0 heterocycles. The van der Waals surface area contributed by atoms with Gasteiger partial charge in [-0.25, -0.2) is 0 Å². The van der Waals surface area contributed by atoms with E-state index in [2.05, 4.69) is 22.9 Å². The first kappa shape index (κ1) is 13.9. The second-order valence-electron chi connectivity index (χ2n) is 3.82. The molecule has 0 rings (SSSR count). The van der Waals surface area contributed by atoms with Crippen molar-refractivity contribution in [3.05, 3.63) is 0 Å². The van der Waals surface area contributed by atoms with Crippen molar-refractivity contribution >= 4 is 21.8 Å². The highest BCUT2D eigenvalue weighted by atomic mass is 79.9. The van der Waals surface area contributed by atoms with Gasteiger partial charge in [0, 0.05) is 11.2 Å². The normalized spacial score (nSPS) is 12.7. The van der Waals surface area contributed by atoms with Crippen molar-refractivity contribution in [3.8, 4) is 0 Å². The van der Waals surface area contributed by atoms with E-state index in [4.69, 9.17) is 5.73 Å². The number of nitrogens with two attached hydrogens (primary N) is 1. The van der Waals surface area contributed by atoms with E-state index < -0.39 is 0 Å². The summed E-state index contributed by atoms with van der Waals surface area (Å²) >= 11 is 3.46. The molecule has 0 saturated carbocycles. The molecule has 1 unspecified atom stereocenters. The Morgan fingerprint density at radius 2 is 1.79 bits per heavy atom. The molecule has 0 aromatic rings. The average molecular weight is 264 g/mol. The van der Waals surface area contributed by atoms with Gasteiger partial charge in [-0.15, -0.1) is 0 Å². The van der Waals surface area contributed by atoms with Crippen LogP contribution < -0.4 is 5.73 Å². The van der Waals surface area contributed by atoms with E-state index in [0.717, 1.165) is 6.42 Å². The molecular weight excluding hydrogens is 242 g/mol. The smallest absolute Gasteiger partial charge is 0.218 e. The van der Waals surface area contributed by atoms with Gasteiger partial charge in [-0.3, -0.25) is 4.79 Å². The highest BCUT2D eigenvalue weighted by molar-refractivity contribution is 9.09. The predicted molar refractivity (Wildman–Crippen MR) is 64.5 cm³/mol. The van der Waals surface area contributed by atoms with Crippen molar-refractivity contribution < 1.29 is 4.79 Å². The van der Waals surface area contributed by atoms with Crippen LogP contribution in [0.4, 0.5) is 0 Å². The van der Waals surface area contributed by atoms with Crippen LogP contribution in [0.25, 0.3) is 0 Å². The summed E-state index contributed by atoms with van der Waals surface area (Å²) in [4.78, 5) is 10.9. The van der Waals surface area contributed by atoms with Gasteiger partial charge >= 0.3 is 0 Å². The lowest BCUT2D eigenvalue weighted by atomic mass is 10.1. The zero-order valence-electron chi connectivity index (χ0n) is 9.10. The highest BCUT2D eigenvalue weighted by Crippen LogP contribution is 2.15. The van der Waals surface area contributed by atoms with Gasteiger partial charge in [0.2, 0.25) is 5.91 Å². The molecule has 0 radical (unpaired) electrons. The largest absolute Gasteiger partial charge is 0.370 e. The lowest BCUT2D eigenvalue weighted by Crippen LogP contribution is -2.16. The Morgan fingerprint density at radius 3 is 2.36 bits per heavy atom. The number of primary amides is 1. The van der Waals surface area contributed by atoms with Crippen LogP contribution in [0.1, 0.15) is 58.3 Å². The summed E-state index contributed by atoms with van der Waals surface area (Å²) in [6, 6.07) is 0. The average Bonchev–Trinajstić information content (AvgIpc) is 2.10. The molecular formula is C11H22BrNO. The molecule has 0 aliphatic heterocycles. The summed E-state index contributed by atoms with van der Waals surface area (Å²) in [5.74, 6) is -0.210. The van der Waals surface area contributed by atoms with Gasteiger partial charge < -0.3 is 5.73 Å². The van der Waals surface area contributed by atoms with E-state index in [9.17, 15) is 4.79 Å². The molecule has 0 fully saturated rings. The maximum Gasteiger partial charge on any atom is 0.218 e. The maximum absolute atomic E-state index is 10.6. The minimum Gasteiger partial charge on any atom is -0.370 e. The molecule has 84 valence electrons. The van der Waals surface area contributed by atoms with Crippen LogP contribution in [0.5, 0.6) is 0 Å². The van der Waals surface area contributed by atoms with Gasteiger partial charge in [-0.05, 0) is 6.42 Å². The molecule has 1 atom stereocenters. The van der Waals surface area contributed by atoms with E-state index in [1.165, 1.54) is 38.5 Å². The van der Waals surface area contributed by atoms with Crippen LogP contribution in [-0.2, 0) is 4.79 Å². The van der Waals surface area contributed by atoms with Crippen molar-refractivity contribution in [2.24, 2.45) is 5.73 Å². The standard InChI is InChI=1S/C11H22BrNO/c1-2-3-4-5-6-7-8-10(12)9-11(13)14/h10H,2-9H2,1H3,(H2,13,14).